The zero-order valence-corrected chi connectivity index (χ0v) is 11.0. The van der Waals surface area contributed by atoms with Gasteiger partial charge < -0.3 is 10.1 Å². The van der Waals surface area contributed by atoms with Crippen LogP contribution in [0.4, 0.5) is 10.3 Å². The molecule has 0 aromatic carbocycles. The minimum absolute atomic E-state index is 0.0961. The van der Waals surface area contributed by atoms with Gasteiger partial charge in [-0.2, -0.15) is 9.67 Å². The summed E-state index contributed by atoms with van der Waals surface area (Å²) < 4.78 is 19.2. The minimum atomic E-state index is -0.706. The van der Waals surface area contributed by atoms with Gasteiger partial charge in [-0.15, -0.1) is 5.10 Å². The molecule has 2 aromatic rings. The lowest BCUT2D eigenvalue weighted by Crippen LogP contribution is -2.10. The highest BCUT2D eigenvalue weighted by Gasteiger charge is 2.15. The number of carbonyl (C=O) groups is 1. The lowest BCUT2D eigenvalue weighted by atomic mass is 10.5. The van der Waals surface area contributed by atoms with Gasteiger partial charge in [0.05, 0.1) is 13.3 Å². The van der Waals surface area contributed by atoms with E-state index in [2.05, 4.69) is 30.1 Å². The zero-order chi connectivity index (χ0) is 14.5. The first-order chi connectivity index (χ1) is 9.65. The molecular weight excluding hydrogens is 267 g/mol. The maximum absolute atomic E-state index is 13.7. The van der Waals surface area contributed by atoms with E-state index >= 15 is 0 Å². The van der Waals surface area contributed by atoms with Crippen LogP contribution in [0.5, 0.6) is 0 Å². The van der Waals surface area contributed by atoms with Gasteiger partial charge in [-0.1, -0.05) is 6.92 Å². The second kappa shape index (κ2) is 6.04. The molecule has 2 heterocycles. The Morgan fingerprint density at radius 3 is 3.00 bits per heavy atom. The molecule has 8 nitrogen and oxygen atoms in total. The maximum atomic E-state index is 13.7. The molecule has 0 aliphatic rings. The molecular formula is C11H13FN6O2. The van der Waals surface area contributed by atoms with Crippen LogP contribution in [0.3, 0.4) is 0 Å². The fourth-order valence-corrected chi connectivity index (χ4v) is 1.39. The fourth-order valence-electron chi connectivity index (χ4n) is 1.39. The standard InChI is InChI=1S/C11H13FN6O2/c1-3-4-13-11-14-5-7(12)9(16-11)18-6-15-8(17-18)10(19)20-2/h5-6H,3-4H2,1-2H3,(H,13,14,16). The average molecular weight is 280 g/mol. The summed E-state index contributed by atoms with van der Waals surface area (Å²) in [4.78, 5) is 22.8. The van der Waals surface area contributed by atoms with E-state index in [0.717, 1.165) is 17.3 Å². The smallest absolute Gasteiger partial charge is 0.377 e. The first kappa shape index (κ1) is 13.8. The van der Waals surface area contributed by atoms with Gasteiger partial charge >= 0.3 is 5.97 Å². The molecule has 0 aliphatic carbocycles. The van der Waals surface area contributed by atoms with Crippen LogP contribution in [0.15, 0.2) is 12.5 Å². The number of halogens is 1. The normalized spacial score (nSPS) is 10.3. The summed E-state index contributed by atoms with van der Waals surface area (Å²) in [5.74, 6) is -1.37. The molecule has 0 atom stereocenters. The molecule has 9 heteroatoms. The van der Waals surface area contributed by atoms with Gasteiger partial charge in [0, 0.05) is 6.54 Å². The third-order valence-corrected chi connectivity index (χ3v) is 2.34. The molecule has 0 radical (unpaired) electrons. The lowest BCUT2D eigenvalue weighted by molar-refractivity contribution is 0.0587. The van der Waals surface area contributed by atoms with Crippen LogP contribution in [0.25, 0.3) is 5.82 Å². The second-order valence-corrected chi connectivity index (χ2v) is 3.80. The van der Waals surface area contributed by atoms with Gasteiger partial charge in [-0.05, 0) is 6.42 Å². The van der Waals surface area contributed by atoms with Crippen molar-refractivity contribution in [1.29, 1.82) is 0 Å². The summed E-state index contributed by atoms with van der Waals surface area (Å²) in [5, 5.41) is 6.74. The third kappa shape index (κ3) is 2.87. The molecule has 0 aliphatic heterocycles. The Bertz CT molecular complexity index is 615. The Balaban J connectivity index is 2.31. The average Bonchev–Trinajstić information content (AvgIpc) is 2.95. The number of methoxy groups -OCH3 is 1. The Kier molecular flexibility index (Phi) is 4.18. The summed E-state index contributed by atoms with van der Waals surface area (Å²) in [6.45, 7) is 2.65. The van der Waals surface area contributed by atoms with Crippen LogP contribution in [0.2, 0.25) is 0 Å². The fraction of sp³-hybridized carbons (Fsp3) is 0.364. The lowest BCUT2D eigenvalue weighted by Gasteiger charge is -2.05. The van der Waals surface area contributed by atoms with E-state index in [1.165, 1.54) is 13.4 Å². The quantitative estimate of drug-likeness (QED) is 0.809. The molecule has 2 aromatic heterocycles. The van der Waals surface area contributed by atoms with Crippen molar-refractivity contribution in [3.63, 3.8) is 0 Å². The molecule has 0 unspecified atom stereocenters. The van der Waals surface area contributed by atoms with E-state index in [1.54, 1.807) is 0 Å². The number of nitrogens with zero attached hydrogens (tertiary/aromatic N) is 5. The minimum Gasteiger partial charge on any atom is -0.463 e. The van der Waals surface area contributed by atoms with Crippen molar-refractivity contribution in [2.45, 2.75) is 13.3 Å². The number of esters is 1. The zero-order valence-electron chi connectivity index (χ0n) is 11.0. The third-order valence-electron chi connectivity index (χ3n) is 2.34. The highest BCUT2D eigenvalue weighted by Crippen LogP contribution is 2.11. The van der Waals surface area contributed by atoms with E-state index in [0.29, 0.717) is 6.54 Å². The molecule has 2 rings (SSSR count). The van der Waals surface area contributed by atoms with E-state index in [4.69, 9.17) is 0 Å². The summed E-state index contributed by atoms with van der Waals surface area (Å²) in [7, 11) is 1.21. The highest BCUT2D eigenvalue weighted by atomic mass is 19.1. The Labute approximate surface area is 114 Å². The van der Waals surface area contributed by atoms with Crippen molar-refractivity contribution in [1.82, 2.24) is 24.7 Å². The molecule has 1 N–H and O–H groups in total. The summed E-state index contributed by atoms with van der Waals surface area (Å²) >= 11 is 0. The first-order valence-corrected chi connectivity index (χ1v) is 5.92. The SMILES string of the molecule is CCCNc1ncc(F)c(-n2cnc(C(=O)OC)n2)n1. The van der Waals surface area contributed by atoms with Crippen molar-refractivity contribution in [2.75, 3.05) is 19.0 Å². The second-order valence-electron chi connectivity index (χ2n) is 3.80. The van der Waals surface area contributed by atoms with Crippen LogP contribution in [0, 0.1) is 5.82 Å². The summed E-state index contributed by atoms with van der Waals surface area (Å²) in [6, 6.07) is 0. The van der Waals surface area contributed by atoms with Crippen molar-refractivity contribution in [3.8, 4) is 5.82 Å². The van der Waals surface area contributed by atoms with Crippen molar-refractivity contribution >= 4 is 11.9 Å². The van der Waals surface area contributed by atoms with Crippen LogP contribution in [-0.2, 0) is 4.74 Å². The van der Waals surface area contributed by atoms with Crippen LogP contribution in [-0.4, -0.2) is 44.4 Å². The largest absolute Gasteiger partial charge is 0.463 e. The summed E-state index contributed by atoms with van der Waals surface area (Å²) in [5.41, 5.74) is 0. The van der Waals surface area contributed by atoms with E-state index in [1.807, 2.05) is 6.92 Å². The van der Waals surface area contributed by atoms with Gasteiger partial charge in [0.1, 0.15) is 6.33 Å². The number of rotatable bonds is 5. The van der Waals surface area contributed by atoms with Gasteiger partial charge in [-0.25, -0.2) is 19.2 Å². The molecule has 0 fully saturated rings. The van der Waals surface area contributed by atoms with Gasteiger partial charge in [-0.3, -0.25) is 0 Å². The molecule has 0 amide bonds. The van der Waals surface area contributed by atoms with Gasteiger partial charge in [0.2, 0.25) is 5.95 Å². The number of hydrogen-bond acceptors (Lipinski definition) is 7. The van der Waals surface area contributed by atoms with E-state index in [9.17, 15) is 9.18 Å². The van der Waals surface area contributed by atoms with Crippen molar-refractivity contribution < 1.29 is 13.9 Å². The molecule has 0 bridgehead atoms. The van der Waals surface area contributed by atoms with Crippen molar-refractivity contribution in [3.05, 3.63) is 24.2 Å². The van der Waals surface area contributed by atoms with Gasteiger partial charge in [0.15, 0.2) is 11.6 Å². The van der Waals surface area contributed by atoms with Gasteiger partial charge in [0.25, 0.3) is 5.82 Å². The predicted molar refractivity (Wildman–Crippen MR) is 67.0 cm³/mol. The number of ether oxygens (including phenoxy) is 1. The molecule has 0 saturated heterocycles. The topological polar surface area (TPSA) is 94.8 Å². The Morgan fingerprint density at radius 1 is 1.50 bits per heavy atom. The molecule has 106 valence electrons. The first-order valence-electron chi connectivity index (χ1n) is 5.92. The van der Waals surface area contributed by atoms with Crippen LogP contribution < -0.4 is 5.32 Å². The molecule has 0 saturated carbocycles. The van der Waals surface area contributed by atoms with Crippen LogP contribution >= 0.6 is 0 Å². The molecule has 20 heavy (non-hydrogen) atoms. The summed E-state index contributed by atoms with van der Waals surface area (Å²) in [6.07, 6.45) is 3.09. The number of anilines is 1. The number of hydrogen-bond donors (Lipinski definition) is 1. The Morgan fingerprint density at radius 2 is 2.30 bits per heavy atom. The number of nitrogens with one attached hydrogen (secondary N) is 1. The van der Waals surface area contributed by atoms with E-state index in [-0.39, 0.29) is 17.6 Å². The maximum Gasteiger partial charge on any atom is 0.377 e. The number of aromatic nitrogens is 5. The van der Waals surface area contributed by atoms with Crippen molar-refractivity contribution in [2.24, 2.45) is 0 Å². The Hall–Kier alpha value is -2.58. The monoisotopic (exact) mass is 280 g/mol. The van der Waals surface area contributed by atoms with E-state index < -0.39 is 11.8 Å². The number of carbonyl (C=O) groups excluding carboxylic acids is 1. The highest BCUT2D eigenvalue weighted by molar-refractivity contribution is 5.84. The molecule has 0 spiro atoms. The predicted octanol–water partition coefficient (Wildman–Crippen LogP) is 0.805. The van der Waals surface area contributed by atoms with Crippen LogP contribution in [0.1, 0.15) is 24.0 Å².